The predicted molar refractivity (Wildman–Crippen MR) is 110 cm³/mol. The molecule has 1 aromatic heterocycles. The Hall–Kier alpha value is -4.20. The molecule has 1 N–H and O–H groups in total. The summed E-state index contributed by atoms with van der Waals surface area (Å²) >= 11 is 0. The molecule has 8 heteroatoms. The second-order valence-corrected chi connectivity index (χ2v) is 7.12. The van der Waals surface area contributed by atoms with Crippen molar-refractivity contribution in [1.29, 1.82) is 0 Å². The number of anilines is 1. The topological polar surface area (TPSA) is 107 Å². The van der Waals surface area contributed by atoms with E-state index in [2.05, 4.69) is 17.4 Å². The highest BCUT2D eigenvalue weighted by Crippen LogP contribution is 2.37. The highest BCUT2D eigenvalue weighted by Gasteiger charge is 2.19. The zero-order valence-electron chi connectivity index (χ0n) is 15.6. The number of nitrogens with zero attached hydrogens (tertiary/aromatic N) is 2. The van der Waals surface area contributed by atoms with Crippen LogP contribution in [-0.2, 0) is 17.8 Å². The first-order valence-electron chi connectivity index (χ1n) is 9.28. The van der Waals surface area contributed by atoms with Crippen LogP contribution >= 0.6 is 0 Å². The number of hydrogen-bond donors (Lipinski definition) is 1. The van der Waals surface area contributed by atoms with E-state index in [1.54, 1.807) is 0 Å². The smallest absolute Gasteiger partial charge is 0.407 e. The Morgan fingerprint density at radius 1 is 1.07 bits per heavy atom. The fraction of sp³-hybridized carbons (Fsp3) is 0.0909. The number of amides is 1. The van der Waals surface area contributed by atoms with Gasteiger partial charge < -0.3 is 9.73 Å². The zero-order chi connectivity index (χ0) is 20.8. The standard InChI is InChI=1S/C22H15N3O5/c26-21(12-24-19-8-7-16(25(28)29)11-20(19)30-22(24)27)23-15-6-5-14-9-13-3-1-2-4-17(13)18(14)10-15/h1-8,10-11H,9,12H2,(H,23,26). The Kier molecular flexibility index (Phi) is 3.99. The molecule has 0 saturated carbocycles. The summed E-state index contributed by atoms with van der Waals surface area (Å²) in [4.78, 5) is 35.0. The molecule has 0 unspecified atom stereocenters. The molecule has 148 valence electrons. The zero-order valence-corrected chi connectivity index (χ0v) is 15.6. The van der Waals surface area contributed by atoms with Crippen molar-refractivity contribution in [3.8, 4) is 11.1 Å². The third-order valence-corrected chi connectivity index (χ3v) is 5.25. The summed E-state index contributed by atoms with van der Waals surface area (Å²) in [6.45, 7) is -0.267. The molecule has 0 fully saturated rings. The summed E-state index contributed by atoms with van der Waals surface area (Å²) in [7, 11) is 0. The second kappa shape index (κ2) is 6.70. The average Bonchev–Trinajstić information content (AvgIpc) is 3.24. The van der Waals surface area contributed by atoms with Crippen molar-refractivity contribution in [2.45, 2.75) is 13.0 Å². The van der Waals surface area contributed by atoms with Crippen molar-refractivity contribution >= 4 is 28.4 Å². The second-order valence-electron chi connectivity index (χ2n) is 7.12. The van der Waals surface area contributed by atoms with Gasteiger partial charge >= 0.3 is 5.76 Å². The van der Waals surface area contributed by atoms with Crippen LogP contribution in [0.2, 0.25) is 0 Å². The summed E-state index contributed by atoms with van der Waals surface area (Å²) in [5, 5.41) is 13.7. The van der Waals surface area contributed by atoms with Gasteiger partial charge in [-0.25, -0.2) is 4.79 Å². The molecule has 4 aromatic rings. The van der Waals surface area contributed by atoms with Crippen LogP contribution in [0.3, 0.4) is 0 Å². The number of non-ortho nitro benzene ring substituents is 1. The van der Waals surface area contributed by atoms with E-state index >= 15 is 0 Å². The minimum absolute atomic E-state index is 0.0659. The van der Waals surface area contributed by atoms with E-state index in [0.717, 1.165) is 22.1 Å². The van der Waals surface area contributed by atoms with Gasteiger partial charge in [-0.05, 0) is 46.9 Å². The molecular weight excluding hydrogens is 386 g/mol. The van der Waals surface area contributed by atoms with Gasteiger partial charge in [0.15, 0.2) is 5.58 Å². The SMILES string of the molecule is O=C(Cn1c(=O)oc2cc([N+](=O)[O-])ccc21)Nc1ccc2c(c1)-c1ccccc1C2. The lowest BCUT2D eigenvalue weighted by Gasteiger charge is -2.08. The minimum Gasteiger partial charge on any atom is -0.407 e. The number of aromatic nitrogens is 1. The molecule has 8 nitrogen and oxygen atoms in total. The number of carbonyl (C=O) groups excluding carboxylic acids is 1. The molecule has 0 aliphatic heterocycles. The maximum Gasteiger partial charge on any atom is 0.420 e. The summed E-state index contributed by atoms with van der Waals surface area (Å²) < 4.78 is 6.21. The number of oxazole rings is 1. The Balaban J connectivity index is 1.40. The van der Waals surface area contributed by atoms with Gasteiger partial charge in [0.2, 0.25) is 5.91 Å². The first kappa shape index (κ1) is 17.9. The number of rotatable bonds is 4. The van der Waals surface area contributed by atoms with Gasteiger partial charge in [-0.15, -0.1) is 0 Å². The summed E-state index contributed by atoms with van der Waals surface area (Å²) in [6, 6.07) is 17.7. The highest BCUT2D eigenvalue weighted by molar-refractivity contribution is 5.93. The fourth-order valence-electron chi connectivity index (χ4n) is 3.86. The van der Waals surface area contributed by atoms with Crippen LogP contribution in [0, 0.1) is 10.1 Å². The molecule has 0 spiro atoms. The molecule has 3 aromatic carbocycles. The van der Waals surface area contributed by atoms with Crippen LogP contribution in [0.25, 0.3) is 22.2 Å². The molecule has 0 atom stereocenters. The average molecular weight is 401 g/mol. The van der Waals surface area contributed by atoms with Crippen molar-refractivity contribution in [1.82, 2.24) is 4.57 Å². The van der Waals surface area contributed by atoms with Crippen molar-refractivity contribution in [2.24, 2.45) is 0 Å². The van der Waals surface area contributed by atoms with E-state index in [4.69, 9.17) is 4.42 Å². The van der Waals surface area contributed by atoms with Crippen molar-refractivity contribution in [3.05, 3.63) is 92.5 Å². The number of benzene rings is 3. The molecular formula is C22H15N3O5. The Labute approximate surface area is 169 Å². The maximum absolute atomic E-state index is 12.6. The van der Waals surface area contributed by atoms with Crippen LogP contribution in [0.15, 0.2) is 69.9 Å². The van der Waals surface area contributed by atoms with Crippen LogP contribution in [0.5, 0.6) is 0 Å². The van der Waals surface area contributed by atoms with Gasteiger partial charge in [0.1, 0.15) is 6.54 Å². The van der Waals surface area contributed by atoms with E-state index in [-0.39, 0.29) is 17.8 Å². The van der Waals surface area contributed by atoms with Crippen LogP contribution < -0.4 is 11.1 Å². The summed E-state index contributed by atoms with van der Waals surface area (Å²) in [5.74, 6) is -1.15. The molecule has 30 heavy (non-hydrogen) atoms. The van der Waals surface area contributed by atoms with Gasteiger partial charge in [-0.3, -0.25) is 19.5 Å². The number of hydrogen-bond acceptors (Lipinski definition) is 5. The molecule has 0 saturated heterocycles. The van der Waals surface area contributed by atoms with Gasteiger partial charge in [0.05, 0.1) is 16.5 Å². The molecule has 1 heterocycles. The Morgan fingerprint density at radius 3 is 2.70 bits per heavy atom. The lowest BCUT2D eigenvalue weighted by molar-refractivity contribution is -0.384. The molecule has 1 aliphatic rings. The van der Waals surface area contributed by atoms with Gasteiger partial charge in [0.25, 0.3) is 5.69 Å². The predicted octanol–water partition coefficient (Wildman–Crippen LogP) is 3.71. The first-order chi connectivity index (χ1) is 14.5. The normalized spacial score (nSPS) is 11.9. The van der Waals surface area contributed by atoms with E-state index < -0.39 is 16.6 Å². The van der Waals surface area contributed by atoms with Crippen molar-refractivity contribution < 1.29 is 14.1 Å². The highest BCUT2D eigenvalue weighted by atomic mass is 16.6. The summed E-state index contributed by atoms with van der Waals surface area (Å²) in [6.07, 6.45) is 0.863. The third-order valence-electron chi connectivity index (χ3n) is 5.25. The minimum atomic E-state index is -0.747. The molecule has 0 bridgehead atoms. The van der Waals surface area contributed by atoms with Crippen molar-refractivity contribution in [2.75, 3.05) is 5.32 Å². The van der Waals surface area contributed by atoms with Crippen LogP contribution in [-0.4, -0.2) is 15.4 Å². The van der Waals surface area contributed by atoms with Gasteiger partial charge in [-0.2, -0.15) is 0 Å². The number of nitro benzene ring substituents is 1. The number of carbonyl (C=O) groups is 1. The first-order valence-corrected chi connectivity index (χ1v) is 9.28. The fourth-order valence-corrected chi connectivity index (χ4v) is 3.86. The number of fused-ring (bicyclic) bond motifs is 4. The van der Waals surface area contributed by atoms with Gasteiger partial charge in [0, 0.05) is 11.8 Å². The Bertz CT molecular complexity index is 1400. The molecule has 0 radical (unpaired) electrons. The largest absolute Gasteiger partial charge is 0.420 e. The van der Waals surface area contributed by atoms with E-state index in [9.17, 15) is 19.7 Å². The molecule has 1 amide bonds. The lowest BCUT2D eigenvalue weighted by Crippen LogP contribution is -2.24. The molecule has 1 aliphatic carbocycles. The summed E-state index contributed by atoms with van der Waals surface area (Å²) in [5.41, 5.74) is 5.52. The van der Waals surface area contributed by atoms with Crippen molar-refractivity contribution in [3.63, 3.8) is 0 Å². The number of nitrogens with one attached hydrogen (secondary N) is 1. The van der Waals surface area contributed by atoms with Crippen LogP contribution in [0.1, 0.15) is 11.1 Å². The van der Waals surface area contributed by atoms with E-state index in [0.29, 0.717) is 11.2 Å². The lowest BCUT2D eigenvalue weighted by atomic mass is 10.1. The molecule has 5 rings (SSSR count). The van der Waals surface area contributed by atoms with Gasteiger partial charge in [-0.1, -0.05) is 30.3 Å². The third kappa shape index (κ3) is 2.95. The van der Waals surface area contributed by atoms with E-state index in [1.165, 1.54) is 29.3 Å². The monoisotopic (exact) mass is 401 g/mol. The Morgan fingerprint density at radius 2 is 1.87 bits per heavy atom. The maximum atomic E-state index is 12.6. The quantitative estimate of drug-likeness (QED) is 0.365. The number of nitro groups is 1. The van der Waals surface area contributed by atoms with Crippen LogP contribution in [0.4, 0.5) is 11.4 Å². The van der Waals surface area contributed by atoms with E-state index in [1.807, 2.05) is 30.3 Å².